The number of amides is 1. The number of rotatable bonds is 7. The van der Waals surface area contributed by atoms with E-state index in [1.165, 1.54) is 24.5 Å². The normalized spacial score (nSPS) is 11.0. The fourth-order valence-corrected chi connectivity index (χ4v) is 2.51. The molecule has 0 aliphatic heterocycles. The average molecular weight is 370 g/mol. The molecule has 0 unspecified atom stereocenters. The Morgan fingerprint density at radius 2 is 2.08 bits per heavy atom. The molecule has 0 aliphatic carbocycles. The molecule has 0 spiro atoms. The number of nitrogens with zero attached hydrogens (tertiary/aromatic N) is 3. The fraction of sp³-hybridized carbons (Fsp3) is 0.333. The van der Waals surface area contributed by atoms with Crippen LogP contribution in [0, 0.1) is 0 Å². The van der Waals surface area contributed by atoms with E-state index in [1.807, 2.05) is 13.8 Å². The van der Waals surface area contributed by atoms with Gasteiger partial charge in [-0.15, -0.1) is 0 Å². The third kappa shape index (κ3) is 5.24. The summed E-state index contributed by atoms with van der Waals surface area (Å²) in [5.41, 5.74) is -0.118. The number of carbonyl (C=O) groups excluding carboxylic acids is 2. The summed E-state index contributed by atoms with van der Waals surface area (Å²) < 4.78 is 31.5. The number of ether oxygens (including phenoxy) is 1. The number of alkyl halides is 2. The standard InChI is InChI=1S/C15H16F2N4O3S/c1-9(2)21-11(5-7-19-21)20-12(22)8-24-14(23)10-4-3-6-18-13(10)25-15(16)17/h3-7,9,15H,8H2,1-2H3,(H,20,22). The number of halogens is 2. The van der Waals surface area contributed by atoms with Crippen LogP contribution in [0.2, 0.25) is 0 Å². The summed E-state index contributed by atoms with van der Waals surface area (Å²) in [4.78, 5) is 27.7. The highest BCUT2D eigenvalue weighted by Gasteiger charge is 2.19. The summed E-state index contributed by atoms with van der Waals surface area (Å²) in [6.45, 7) is 3.23. The maximum Gasteiger partial charge on any atom is 0.341 e. The highest BCUT2D eigenvalue weighted by molar-refractivity contribution is 7.99. The molecule has 2 aromatic heterocycles. The molecule has 0 aliphatic rings. The first-order valence-corrected chi connectivity index (χ1v) is 8.16. The Hall–Kier alpha value is -2.49. The van der Waals surface area contributed by atoms with E-state index in [9.17, 15) is 18.4 Å². The number of hydrogen-bond donors (Lipinski definition) is 1. The van der Waals surface area contributed by atoms with Crippen LogP contribution in [0.4, 0.5) is 14.6 Å². The van der Waals surface area contributed by atoms with Crippen LogP contribution in [0.1, 0.15) is 30.2 Å². The number of pyridine rings is 1. The molecule has 7 nitrogen and oxygen atoms in total. The molecule has 0 saturated heterocycles. The minimum Gasteiger partial charge on any atom is -0.452 e. The van der Waals surface area contributed by atoms with E-state index >= 15 is 0 Å². The number of esters is 1. The van der Waals surface area contributed by atoms with Gasteiger partial charge in [0.25, 0.3) is 11.7 Å². The van der Waals surface area contributed by atoms with Crippen molar-refractivity contribution in [3.05, 3.63) is 36.2 Å². The van der Waals surface area contributed by atoms with Gasteiger partial charge >= 0.3 is 5.97 Å². The van der Waals surface area contributed by atoms with Crippen LogP contribution >= 0.6 is 11.8 Å². The first-order valence-electron chi connectivity index (χ1n) is 7.28. The highest BCUT2D eigenvalue weighted by Crippen LogP contribution is 2.26. The topological polar surface area (TPSA) is 86.1 Å². The quantitative estimate of drug-likeness (QED) is 0.596. The summed E-state index contributed by atoms with van der Waals surface area (Å²) in [6, 6.07) is 4.38. The van der Waals surface area contributed by atoms with Gasteiger partial charge in [0, 0.05) is 18.3 Å². The van der Waals surface area contributed by atoms with E-state index in [1.54, 1.807) is 10.7 Å². The predicted octanol–water partition coefficient (Wildman–Crippen LogP) is 2.97. The van der Waals surface area contributed by atoms with Crippen LogP contribution in [0.5, 0.6) is 0 Å². The molecule has 0 aromatic carbocycles. The second kappa shape index (κ2) is 8.56. The van der Waals surface area contributed by atoms with Crippen molar-refractivity contribution in [2.75, 3.05) is 11.9 Å². The zero-order chi connectivity index (χ0) is 18.4. The summed E-state index contributed by atoms with van der Waals surface area (Å²) >= 11 is 0.139. The lowest BCUT2D eigenvalue weighted by Gasteiger charge is -2.12. The zero-order valence-corrected chi connectivity index (χ0v) is 14.3. The van der Waals surface area contributed by atoms with E-state index in [0.717, 1.165) is 0 Å². The van der Waals surface area contributed by atoms with Gasteiger partial charge < -0.3 is 10.1 Å². The van der Waals surface area contributed by atoms with Crippen molar-refractivity contribution in [2.24, 2.45) is 0 Å². The lowest BCUT2D eigenvalue weighted by molar-refractivity contribution is -0.119. The molecule has 0 bridgehead atoms. The molecule has 1 N–H and O–H groups in total. The summed E-state index contributed by atoms with van der Waals surface area (Å²) in [5, 5.41) is 6.48. The third-order valence-corrected chi connectivity index (χ3v) is 3.68. The Bertz CT molecular complexity index is 752. The molecule has 0 radical (unpaired) electrons. The van der Waals surface area contributed by atoms with Gasteiger partial charge in [-0.3, -0.25) is 4.79 Å². The van der Waals surface area contributed by atoms with Crippen LogP contribution < -0.4 is 5.32 Å². The van der Waals surface area contributed by atoms with Crippen molar-refractivity contribution in [1.29, 1.82) is 0 Å². The van der Waals surface area contributed by atoms with Gasteiger partial charge in [0.15, 0.2) is 6.61 Å². The van der Waals surface area contributed by atoms with E-state index in [-0.39, 0.29) is 28.4 Å². The summed E-state index contributed by atoms with van der Waals surface area (Å²) in [6.07, 6.45) is 2.83. The Morgan fingerprint density at radius 1 is 1.32 bits per heavy atom. The van der Waals surface area contributed by atoms with Gasteiger partial charge in [-0.25, -0.2) is 14.5 Å². The third-order valence-electron chi connectivity index (χ3n) is 2.95. The fourth-order valence-electron chi connectivity index (χ4n) is 1.94. The summed E-state index contributed by atoms with van der Waals surface area (Å²) in [5.74, 6) is -3.72. The van der Waals surface area contributed by atoms with Crippen LogP contribution in [-0.2, 0) is 9.53 Å². The Morgan fingerprint density at radius 3 is 2.76 bits per heavy atom. The van der Waals surface area contributed by atoms with Gasteiger partial charge in [0.2, 0.25) is 0 Å². The van der Waals surface area contributed by atoms with Crippen molar-refractivity contribution in [3.63, 3.8) is 0 Å². The summed E-state index contributed by atoms with van der Waals surface area (Å²) in [7, 11) is 0. The highest BCUT2D eigenvalue weighted by atomic mass is 32.2. The largest absolute Gasteiger partial charge is 0.452 e. The zero-order valence-electron chi connectivity index (χ0n) is 13.5. The van der Waals surface area contributed by atoms with Crippen molar-refractivity contribution >= 4 is 29.5 Å². The van der Waals surface area contributed by atoms with Crippen molar-refractivity contribution in [1.82, 2.24) is 14.8 Å². The maximum atomic E-state index is 12.5. The van der Waals surface area contributed by atoms with Crippen LogP contribution in [-0.4, -0.2) is 39.0 Å². The molecule has 0 saturated carbocycles. The van der Waals surface area contributed by atoms with E-state index in [4.69, 9.17) is 4.74 Å². The lowest BCUT2D eigenvalue weighted by atomic mass is 10.3. The number of anilines is 1. The van der Waals surface area contributed by atoms with Gasteiger partial charge in [-0.2, -0.15) is 13.9 Å². The van der Waals surface area contributed by atoms with Crippen molar-refractivity contribution in [3.8, 4) is 0 Å². The SMILES string of the molecule is CC(C)n1nccc1NC(=O)COC(=O)c1cccnc1SC(F)F. The van der Waals surface area contributed by atoms with E-state index in [0.29, 0.717) is 5.82 Å². The van der Waals surface area contributed by atoms with Gasteiger partial charge in [-0.1, -0.05) is 0 Å². The maximum absolute atomic E-state index is 12.5. The molecule has 1 amide bonds. The Kier molecular flexibility index (Phi) is 6.45. The second-order valence-electron chi connectivity index (χ2n) is 5.11. The molecule has 2 rings (SSSR count). The van der Waals surface area contributed by atoms with Gasteiger partial charge in [-0.05, 0) is 37.7 Å². The molecule has 0 atom stereocenters. The minimum atomic E-state index is -2.72. The number of carbonyl (C=O) groups is 2. The molecule has 2 aromatic rings. The van der Waals surface area contributed by atoms with E-state index in [2.05, 4.69) is 15.4 Å². The van der Waals surface area contributed by atoms with Gasteiger partial charge in [0.05, 0.1) is 11.8 Å². The van der Waals surface area contributed by atoms with Crippen LogP contribution in [0.15, 0.2) is 35.6 Å². The number of hydrogen-bond acceptors (Lipinski definition) is 6. The Balaban J connectivity index is 1.96. The Labute approximate surface area is 146 Å². The minimum absolute atomic E-state index is 0.0390. The molecule has 0 fully saturated rings. The molecule has 10 heteroatoms. The molecule has 2 heterocycles. The number of aromatic nitrogens is 3. The molecule has 134 valence electrons. The van der Waals surface area contributed by atoms with Crippen LogP contribution in [0.25, 0.3) is 0 Å². The van der Waals surface area contributed by atoms with E-state index < -0.39 is 24.2 Å². The lowest BCUT2D eigenvalue weighted by Crippen LogP contribution is -2.23. The average Bonchev–Trinajstić information content (AvgIpc) is 3.01. The number of thioether (sulfide) groups is 1. The van der Waals surface area contributed by atoms with Gasteiger partial charge in [0.1, 0.15) is 10.8 Å². The first kappa shape index (κ1) is 18.8. The molecular weight excluding hydrogens is 354 g/mol. The predicted molar refractivity (Wildman–Crippen MR) is 87.6 cm³/mol. The first-order chi connectivity index (χ1) is 11.9. The smallest absolute Gasteiger partial charge is 0.341 e. The molecule has 25 heavy (non-hydrogen) atoms. The van der Waals surface area contributed by atoms with Crippen molar-refractivity contribution in [2.45, 2.75) is 30.7 Å². The second-order valence-corrected chi connectivity index (χ2v) is 6.09. The molecular formula is C15H16F2N4O3S. The number of nitrogens with one attached hydrogen (secondary N) is 1. The van der Waals surface area contributed by atoms with Crippen LogP contribution in [0.3, 0.4) is 0 Å². The monoisotopic (exact) mass is 370 g/mol. The van der Waals surface area contributed by atoms with Crippen molar-refractivity contribution < 1.29 is 23.1 Å².